The van der Waals surface area contributed by atoms with E-state index in [0.717, 1.165) is 55.7 Å². The normalized spacial score (nSPS) is 18.1. The fraction of sp³-hybridized carbons (Fsp3) is 0.157. The number of ether oxygens (including phenoxy) is 1. The van der Waals surface area contributed by atoms with Crippen molar-refractivity contribution in [3.8, 4) is 34.5 Å². The second-order valence-corrected chi connectivity index (χ2v) is 17.2. The van der Waals surface area contributed by atoms with E-state index < -0.39 is 0 Å². The Morgan fingerprint density at radius 2 is 1.38 bits per heavy atom. The van der Waals surface area contributed by atoms with E-state index in [4.69, 9.17) is 9.72 Å². The fourth-order valence-corrected chi connectivity index (χ4v) is 8.62. The van der Waals surface area contributed by atoms with Crippen LogP contribution in [0.25, 0.3) is 38.8 Å². The van der Waals surface area contributed by atoms with Crippen molar-refractivity contribution in [2.45, 2.75) is 52.4 Å². The number of aromatic nitrogens is 2. The molecule has 2 aromatic heterocycles. The molecule has 6 nitrogen and oxygen atoms in total. The molecule has 8 aromatic rings. The van der Waals surface area contributed by atoms with Gasteiger partial charge in [0.15, 0.2) is 12.4 Å². The van der Waals surface area contributed by atoms with Crippen molar-refractivity contribution < 1.29 is 25.8 Å². The van der Waals surface area contributed by atoms with E-state index in [1.807, 2.05) is 36.5 Å². The van der Waals surface area contributed by atoms with Gasteiger partial charge in [-0.05, 0) is 51.6 Å². The predicted molar refractivity (Wildman–Crippen MR) is 230 cm³/mol. The number of hydrogen-bond donors (Lipinski definition) is 0. The van der Waals surface area contributed by atoms with E-state index in [0.29, 0.717) is 26.2 Å². The molecule has 0 amide bonds. The molecule has 2 aliphatic rings. The molecule has 0 aliphatic carbocycles. The largest absolute Gasteiger partial charge is 0.509 e. The fourth-order valence-electron chi connectivity index (χ4n) is 8.62. The van der Waals surface area contributed by atoms with Gasteiger partial charge in [-0.25, -0.2) is 9.58 Å². The van der Waals surface area contributed by atoms with Crippen LogP contribution in [-0.2, 0) is 31.9 Å². The van der Waals surface area contributed by atoms with Crippen LogP contribution in [0.5, 0.6) is 11.5 Å². The van der Waals surface area contributed by atoms with Crippen molar-refractivity contribution in [1.29, 1.82) is 5.26 Å². The summed E-state index contributed by atoms with van der Waals surface area (Å²) in [6.07, 6.45) is 1.90. The summed E-state index contributed by atoms with van der Waals surface area (Å²) in [5.41, 5.74) is 11.2. The standard InChI is InChI=1S/C51H42N5O.Pt/c1-50(2,3)36-24-25-53-49(28-36)54-45-17-11-10-16-42(45)43-23-22-40(31-46(43)54)57-41-27-37(51(4,5)6)26-39(29-41)56-33-55(56,47-18-12-13-19-48(47)56)38-21-20-35(32-52)44(30-38)34-14-8-7-9-15-34;/h7-28,30,33H,1-6H3;/q-1;/t55-,56?;/m0./s1. The minimum absolute atomic E-state index is 0. The molecule has 1 fully saturated rings. The van der Waals surface area contributed by atoms with Crippen LogP contribution in [0.2, 0.25) is 0 Å². The number of fused-ring (bicyclic) bond motifs is 7. The zero-order valence-corrected chi connectivity index (χ0v) is 35.6. The van der Waals surface area contributed by atoms with Gasteiger partial charge in [-0.1, -0.05) is 114 Å². The Labute approximate surface area is 354 Å². The van der Waals surface area contributed by atoms with E-state index >= 15 is 0 Å². The van der Waals surface area contributed by atoms with E-state index in [-0.39, 0.29) is 31.9 Å². The van der Waals surface area contributed by atoms with Crippen LogP contribution in [0, 0.1) is 30.1 Å². The number of pyridine rings is 1. The summed E-state index contributed by atoms with van der Waals surface area (Å²) in [6, 6.07) is 56.1. The smallest absolute Gasteiger partial charge is 0.225 e. The molecular weight excluding hydrogens is 894 g/mol. The third kappa shape index (κ3) is 5.60. The molecule has 7 heteroatoms. The molecule has 0 bridgehead atoms. The molecule has 6 aromatic carbocycles. The summed E-state index contributed by atoms with van der Waals surface area (Å²) in [5.74, 6) is 2.08. The molecule has 2 aliphatic heterocycles. The van der Waals surface area contributed by atoms with Crippen LogP contribution in [0.1, 0.15) is 58.2 Å². The second kappa shape index (κ2) is 13.4. The van der Waals surface area contributed by atoms with Gasteiger partial charge in [0.1, 0.15) is 5.82 Å². The molecule has 0 spiro atoms. The van der Waals surface area contributed by atoms with Gasteiger partial charge < -0.3 is 9.30 Å². The Morgan fingerprint density at radius 3 is 2.12 bits per heavy atom. The zero-order chi connectivity index (χ0) is 39.3. The topological polar surface area (TPSA) is 50.8 Å². The van der Waals surface area contributed by atoms with E-state index in [2.05, 4.69) is 174 Å². The first-order valence-electron chi connectivity index (χ1n) is 19.5. The number of rotatable bonds is 6. The first-order valence-corrected chi connectivity index (χ1v) is 19.5. The molecule has 1 saturated heterocycles. The molecule has 0 saturated carbocycles. The van der Waals surface area contributed by atoms with Gasteiger partial charge in [-0.15, -0.1) is 35.2 Å². The Kier molecular flexibility index (Phi) is 8.69. The minimum Gasteiger partial charge on any atom is -0.509 e. The van der Waals surface area contributed by atoms with Gasteiger partial charge in [0.25, 0.3) is 0 Å². The molecular formula is C51H42N5OPt-. The van der Waals surface area contributed by atoms with E-state index in [1.54, 1.807) is 0 Å². The number of nitriles is 1. The van der Waals surface area contributed by atoms with Crippen LogP contribution in [0.15, 0.2) is 140 Å². The summed E-state index contributed by atoms with van der Waals surface area (Å²) in [7, 11) is 0. The predicted octanol–water partition coefficient (Wildman–Crippen LogP) is 13.0. The molecule has 10 rings (SSSR count). The number of hydrogen-bond acceptors (Lipinski definition) is 3. The molecule has 288 valence electrons. The van der Waals surface area contributed by atoms with Gasteiger partial charge in [0.05, 0.1) is 17.3 Å². The average molecular weight is 936 g/mol. The maximum absolute atomic E-state index is 10.1. The molecule has 0 radical (unpaired) electrons. The van der Waals surface area contributed by atoms with Crippen LogP contribution in [-0.4, -0.2) is 9.55 Å². The van der Waals surface area contributed by atoms with Crippen molar-refractivity contribution >= 4 is 44.6 Å². The van der Waals surface area contributed by atoms with Crippen LogP contribution >= 0.6 is 0 Å². The number of benzene rings is 6. The maximum atomic E-state index is 10.1. The zero-order valence-electron chi connectivity index (χ0n) is 33.3. The Hall–Kier alpha value is -5.83. The van der Waals surface area contributed by atoms with Gasteiger partial charge in [-0.3, -0.25) is 0 Å². The Morgan fingerprint density at radius 1 is 0.672 bits per heavy atom. The third-order valence-electron chi connectivity index (χ3n) is 11.7. The molecule has 1 unspecified atom stereocenters. The van der Waals surface area contributed by atoms with Crippen molar-refractivity contribution in [2.24, 2.45) is 0 Å². The summed E-state index contributed by atoms with van der Waals surface area (Å²) >= 11 is 0. The van der Waals surface area contributed by atoms with Gasteiger partial charge in [0, 0.05) is 74.1 Å². The molecule has 58 heavy (non-hydrogen) atoms. The minimum atomic E-state index is -0.172. The SMILES string of the molecule is CC(C)(C)c1cc(Oc2[c-]c3c(cc2)c2ccccc2n3-c2cc(C(C)(C)C)ccn2)[c-]c([N+]23[CH-][N@+]2(c2ccc(C#N)c(-c4ccccc4)c2)c2ccccc23)c1.[Pt]. The monoisotopic (exact) mass is 935 g/mol. The molecule has 2 atom stereocenters. The summed E-state index contributed by atoms with van der Waals surface area (Å²) in [5, 5.41) is 12.3. The van der Waals surface area contributed by atoms with Gasteiger partial charge >= 0.3 is 0 Å². The Balaban J connectivity index is 0.00000436. The molecule has 4 heterocycles. The van der Waals surface area contributed by atoms with Gasteiger partial charge in [0.2, 0.25) is 11.4 Å². The summed E-state index contributed by atoms with van der Waals surface area (Å²) < 4.78 is 9.98. The average Bonchev–Trinajstić information content (AvgIpc) is 3.70. The van der Waals surface area contributed by atoms with Gasteiger partial charge in [-0.2, -0.15) is 15.9 Å². The van der Waals surface area contributed by atoms with Crippen molar-refractivity contribution in [3.63, 3.8) is 0 Å². The first-order chi connectivity index (χ1) is 27.4. The van der Waals surface area contributed by atoms with Crippen LogP contribution < -0.4 is 13.9 Å². The number of nitrogens with zero attached hydrogens (tertiary/aromatic N) is 5. The van der Waals surface area contributed by atoms with E-state index in [9.17, 15) is 5.26 Å². The van der Waals surface area contributed by atoms with Crippen LogP contribution in [0.3, 0.4) is 0 Å². The Bertz CT molecular complexity index is 2970. The quantitative estimate of drug-likeness (QED) is 0.0948. The molecule has 0 N–H and O–H groups in total. The number of para-hydroxylation sites is 3. The summed E-state index contributed by atoms with van der Waals surface area (Å²) in [6.45, 7) is 15.7. The van der Waals surface area contributed by atoms with Crippen molar-refractivity contribution in [3.05, 3.63) is 175 Å². The van der Waals surface area contributed by atoms with Crippen LogP contribution in [0.4, 0.5) is 22.7 Å². The number of quaternary nitrogens is 2. The second-order valence-electron chi connectivity index (χ2n) is 17.2. The van der Waals surface area contributed by atoms with E-state index in [1.165, 1.54) is 16.9 Å². The van der Waals surface area contributed by atoms with Crippen molar-refractivity contribution in [1.82, 2.24) is 18.7 Å². The maximum Gasteiger partial charge on any atom is 0.225 e. The third-order valence-corrected chi connectivity index (χ3v) is 11.7. The first kappa shape index (κ1) is 37.7. The summed E-state index contributed by atoms with van der Waals surface area (Å²) in [4.78, 5) is 4.86. The van der Waals surface area contributed by atoms with Crippen molar-refractivity contribution in [2.75, 3.05) is 0 Å².